The van der Waals surface area contributed by atoms with Crippen LogP contribution in [0.4, 0.5) is 0 Å². The number of nitrogens with zero attached hydrogens (tertiary/aromatic N) is 1. The molecule has 0 heterocycles. The first-order chi connectivity index (χ1) is 5.57. The highest BCUT2D eigenvalue weighted by Gasteiger charge is 2.06. The number of rotatable bonds is 6. The average Bonchev–Trinajstić information content (AvgIpc) is 2.02. The predicted octanol–water partition coefficient (Wildman–Crippen LogP) is 1.97. The second kappa shape index (κ2) is 6.70. The van der Waals surface area contributed by atoms with Gasteiger partial charge in [-0.2, -0.15) is 0 Å². The number of likely N-dealkylation sites (N-methyl/N-ethyl adjacent to an activating group) is 1. The highest BCUT2D eigenvalue weighted by molar-refractivity contribution is 6.18. The van der Waals surface area contributed by atoms with Crippen LogP contribution in [0.2, 0.25) is 0 Å². The standard InChI is InChI=1S/C9H20ClNO/c1-8(2)12-6-5-11(4)9(3)7-10/h8-9H,5-7H2,1-4H3. The molecule has 0 aliphatic heterocycles. The van der Waals surface area contributed by atoms with E-state index in [1.165, 1.54) is 0 Å². The van der Waals surface area contributed by atoms with Crippen LogP contribution in [0.3, 0.4) is 0 Å². The van der Waals surface area contributed by atoms with Crippen molar-refractivity contribution in [1.82, 2.24) is 4.90 Å². The van der Waals surface area contributed by atoms with E-state index in [4.69, 9.17) is 16.3 Å². The highest BCUT2D eigenvalue weighted by Crippen LogP contribution is 1.98. The molecule has 0 bridgehead atoms. The summed E-state index contributed by atoms with van der Waals surface area (Å²) in [7, 11) is 2.07. The third-order valence-corrected chi connectivity index (χ3v) is 2.32. The largest absolute Gasteiger partial charge is 0.377 e. The Bertz CT molecular complexity index is 109. The summed E-state index contributed by atoms with van der Waals surface area (Å²) in [6, 6.07) is 0.433. The fourth-order valence-electron chi connectivity index (χ4n) is 0.771. The molecule has 1 atom stereocenters. The maximum atomic E-state index is 5.71. The van der Waals surface area contributed by atoms with Crippen molar-refractivity contribution >= 4 is 11.6 Å². The molecule has 0 aromatic rings. The van der Waals surface area contributed by atoms with Crippen LogP contribution >= 0.6 is 11.6 Å². The number of ether oxygens (including phenoxy) is 1. The molecule has 0 N–H and O–H groups in total. The Labute approximate surface area is 80.8 Å². The Morgan fingerprint density at radius 1 is 1.33 bits per heavy atom. The van der Waals surface area contributed by atoms with Gasteiger partial charge in [0, 0.05) is 18.5 Å². The van der Waals surface area contributed by atoms with Gasteiger partial charge in [0.05, 0.1) is 12.7 Å². The first-order valence-corrected chi connectivity index (χ1v) is 4.99. The van der Waals surface area contributed by atoms with E-state index >= 15 is 0 Å². The Kier molecular flexibility index (Phi) is 6.81. The molecule has 1 unspecified atom stereocenters. The van der Waals surface area contributed by atoms with Crippen LogP contribution in [-0.2, 0) is 4.74 Å². The minimum absolute atomic E-state index is 0.324. The van der Waals surface area contributed by atoms with Crippen molar-refractivity contribution in [1.29, 1.82) is 0 Å². The lowest BCUT2D eigenvalue weighted by molar-refractivity contribution is 0.0590. The third kappa shape index (κ3) is 5.81. The summed E-state index contributed by atoms with van der Waals surface area (Å²) in [4.78, 5) is 2.20. The zero-order chi connectivity index (χ0) is 9.56. The van der Waals surface area contributed by atoms with E-state index in [0.29, 0.717) is 18.0 Å². The van der Waals surface area contributed by atoms with Crippen LogP contribution in [0.1, 0.15) is 20.8 Å². The van der Waals surface area contributed by atoms with E-state index < -0.39 is 0 Å². The maximum Gasteiger partial charge on any atom is 0.0596 e. The molecule has 0 spiro atoms. The van der Waals surface area contributed by atoms with Crippen molar-refractivity contribution < 1.29 is 4.74 Å². The Morgan fingerprint density at radius 3 is 2.33 bits per heavy atom. The molecular formula is C9H20ClNO. The van der Waals surface area contributed by atoms with Crippen LogP contribution in [0, 0.1) is 0 Å². The van der Waals surface area contributed by atoms with Crippen molar-refractivity contribution in [2.24, 2.45) is 0 Å². The normalized spacial score (nSPS) is 14.2. The first-order valence-electron chi connectivity index (χ1n) is 4.45. The van der Waals surface area contributed by atoms with Gasteiger partial charge in [0.1, 0.15) is 0 Å². The van der Waals surface area contributed by atoms with Gasteiger partial charge in [-0.1, -0.05) is 0 Å². The van der Waals surface area contributed by atoms with Gasteiger partial charge < -0.3 is 9.64 Å². The molecule has 0 fully saturated rings. The van der Waals surface area contributed by atoms with Gasteiger partial charge in [0.15, 0.2) is 0 Å². The fourth-order valence-corrected chi connectivity index (χ4v) is 1.01. The quantitative estimate of drug-likeness (QED) is 0.599. The average molecular weight is 194 g/mol. The number of halogens is 1. The van der Waals surface area contributed by atoms with Crippen LogP contribution in [0.25, 0.3) is 0 Å². The minimum Gasteiger partial charge on any atom is -0.377 e. The summed E-state index contributed by atoms with van der Waals surface area (Å²) in [6.07, 6.45) is 0.324. The molecule has 3 heteroatoms. The second-order valence-electron chi connectivity index (χ2n) is 3.40. The monoisotopic (exact) mass is 193 g/mol. The number of alkyl halides is 1. The van der Waals surface area contributed by atoms with E-state index in [1.807, 2.05) is 13.8 Å². The molecule has 0 amide bonds. The highest BCUT2D eigenvalue weighted by atomic mass is 35.5. The summed E-state index contributed by atoms with van der Waals surface area (Å²) in [5.74, 6) is 0.679. The van der Waals surface area contributed by atoms with Gasteiger partial charge in [-0.3, -0.25) is 0 Å². The van der Waals surface area contributed by atoms with E-state index in [1.54, 1.807) is 0 Å². The molecule has 0 saturated carbocycles. The van der Waals surface area contributed by atoms with E-state index in [-0.39, 0.29) is 0 Å². The van der Waals surface area contributed by atoms with Gasteiger partial charge >= 0.3 is 0 Å². The molecule has 0 rings (SSSR count). The van der Waals surface area contributed by atoms with Crippen LogP contribution < -0.4 is 0 Å². The molecule has 0 aromatic carbocycles. The summed E-state index contributed by atoms with van der Waals surface area (Å²) in [5.41, 5.74) is 0. The number of hydrogen-bond acceptors (Lipinski definition) is 2. The second-order valence-corrected chi connectivity index (χ2v) is 3.71. The predicted molar refractivity (Wildman–Crippen MR) is 53.9 cm³/mol. The van der Waals surface area contributed by atoms with Gasteiger partial charge in [0.2, 0.25) is 0 Å². The zero-order valence-electron chi connectivity index (χ0n) is 8.51. The first kappa shape index (κ1) is 12.2. The summed E-state index contributed by atoms with van der Waals surface area (Å²) < 4.78 is 5.42. The van der Waals surface area contributed by atoms with Crippen molar-refractivity contribution in [3.63, 3.8) is 0 Å². The molecule has 0 aliphatic rings. The van der Waals surface area contributed by atoms with E-state index in [2.05, 4.69) is 18.9 Å². The Morgan fingerprint density at radius 2 is 1.92 bits per heavy atom. The van der Waals surface area contributed by atoms with Crippen molar-refractivity contribution in [2.45, 2.75) is 32.9 Å². The maximum absolute atomic E-state index is 5.71. The van der Waals surface area contributed by atoms with Crippen LogP contribution in [0.15, 0.2) is 0 Å². The van der Waals surface area contributed by atoms with Crippen LogP contribution in [0.5, 0.6) is 0 Å². The lowest BCUT2D eigenvalue weighted by Gasteiger charge is -2.22. The van der Waals surface area contributed by atoms with Gasteiger partial charge in [-0.25, -0.2) is 0 Å². The molecule has 0 radical (unpaired) electrons. The molecule has 12 heavy (non-hydrogen) atoms. The van der Waals surface area contributed by atoms with Crippen molar-refractivity contribution in [3.8, 4) is 0 Å². The van der Waals surface area contributed by atoms with Gasteiger partial charge in [-0.15, -0.1) is 11.6 Å². The summed E-state index contributed by atoms with van der Waals surface area (Å²) in [5, 5.41) is 0. The summed E-state index contributed by atoms with van der Waals surface area (Å²) in [6.45, 7) is 7.94. The third-order valence-electron chi connectivity index (χ3n) is 1.87. The molecule has 0 saturated heterocycles. The smallest absolute Gasteiger partial charge is 0.0596 e. The van der Waals surface area contributed by atoms with Crippen molar-refractivity contribution in [3.05, 3.63) is 0 Å². The SMILES string of the molecule is CC(C)OCCN(C)C(C)CCl. The van der Waals surface area contributed by atoms with Crippen LogP contribution in [-0.4, -0.2) is 43.1 Å². The molecular weight excluding hydrogens is 174 g/mol. The number of hydrogen-bond donors (Lipinski definition) is 0. The van der Waals surface area contributed by atoms with Gasteiger partial charge in [-0.05, 0) is 27.8 Å². The zero-order valence-corrected chi connectivity index (χ0v) is 9.27. The lowest BCUT2D eigenvalue weighted by Crippen LogP contribution is -2.33. The fraction of sp³-hybridized carbons (Fsp3) is 1.00. The Hall–Kier alpha value is 0.210. The van der Waals surface area contributed by atoms with E-state index in [9.17, 15) is 0 Å². The van der Waals surface area contributed by atoms with Crippen molar-refractivity contribution in [2.75, 3.05) is 26.1 Å². The topological polar surface area (TPSA) is 12.5 Å². The molecule has 2 nitrogen and oxygen atoms in total. The summed E-state index contributed by atoms with van der Waals surface area (Å²) >= 11 is 5.71. The molecule has 0 aliphatic carbocycles. The lowest BCUT2D eigenvalue weighted by atomic mass is 10.3. The van der Waals surface area contributed by atoms with E-state index in [0.717, 1.165) is 13.2 Å². The minimum atomic E-state index is 0.324. The van der Waals surface area contributed by atoms with Gasteiger partial charge in [0.25, 0.3) is 0 Å². The Balaban J connectivity index is 3.37. The molecule has 74 valence electrons. The molecule has 0 aromatic heterocycles.